The molecule has 88 valence electrons. The highest BCUT2D eigenvalue weighted by atomic mass is 16.5. The minimum atomic E-state index is -0.255. The van der Waals surface area contributed by atoms with Crippen molar-refractivity contribution >= 4 is 5.97 Å². The molecule has 1 rings (SSSR count). The third-order valence-electron chi connectivity index (χ3n) is 2.22. The van der Waals surface area contributed by atoms with Crippen molar-refractivity contribution in [2.24, 2.45) is 0 Å². The smallest absolute Gasteiger partial charge is 0.338 e. The number of carbonyl (C=O) groups excluding carboxylic acids is 1. The molecule has 16 heavy (non-hydrogen) atoms. The topological polar surface area (TPSA) is 29.5 Å². The average Bonchev–Trinajstić information content (AvgIpc) is 2.16. The summed E-state index contributed by atoms with van der Waals surface area (Å²) in [4.78, 5) is 13.7. The fourth-order valence-electron chi connectivity index (χ4n) is 1.49. The van der Waals surface area contributed by atoms with Crippen molar-refractivity contribution in [2.45, 2.75) is 20.0 Å². The molecule has 0 aromatic heterocycles. The van der Waals surface area contributed by atoms with Crippen LogP contribution in [0.2, 0.25) is 0 Å². The first kappa shape index (κ1) is 12.7. The molecule has 3 heteroatoms. The maximum absolute atomic E-state index is 11.7. The van der Waals surface area contributed by atoms with Crippen LogP contribution in [0.15, 0.2) is 24.3 Å². The van der Waals surface area contributed by atoms with Crippen molar-refractivity contribution in [3.8, 4) is 0 Å². The summed E-state index contributed by atoms with van der Waals surface area (Å²) in [6, 6.07) is 7.40. The molecule has 0 saturated carbocycles. The number of aryl methyl sites for hydroxylation is 1. The van der Waals surface area contributed by atoms with E-state index in [0.29, 0.717) is 5.56 Å². The normalized spacial score (nSPS) is 12.6. The molecule has 0 fully saturated rings. The predicted octanol–water partition coefficient (Wildman–Crippen LogP) is 2.10. The molecule has 0 bridgehead atoms. The molecule has 1 atom stereocenters. The second kappa shape index (κ2) is 5.66. The lowest BCUT2D eigenvalue weighted by molar-refractivity contribution is 0.0289. The summed E-state index contributed by atoms with van der Waals surface area (Å²) >= 11 is 0. The van der Waals surface area contributed by atoms with Gasteiger partial charge in [-0.2, -0.15) is 0 Å². The van der Waals surface area contributed by atoms with Crippen LogP contribution >= 0.6 is 0 Å². The molecule has 1 aromatic rings. The Morgan fingerprint density at radius 3 is 2.38 bits per heavy atom. The van der Waals surface area contributed by atoms with E-state index in [4.69, 9.17) is 4.74 Å². The molecule has 1 aromatic carbocycles. The third-order valence-corrected chi connectivity index (χ3v) is 2.22. The Bertz CT molecular complexity index is 343. The van der Waals surface area contributed by atoms with Gasteiger partial charge in [0.25, 0.3) is 0 Å². The largest absolute Gasteiger partial charge is 0.458 e. The van der Waals surface area contributed by atoms with E-state index < -0.39 is 0 Å². The van der Waals surface area contributed by atoms with Gasteiger partial charge in [-0.3, -0.25) is 0 Å². The van der Waals surface area contributed by atoms with Gasteiger partial charge in [-0.15, -0.1) is 0 Å². The number of rotatable bonds is 4. The molecule has 0 heterocycles. The zero-order valence-electron chi connectivity index (χ0n) is 10.4. The Labute approximate surface area is 97.0 Å². The lowest BCUT2D eigenvalue weighted by atomic mass is 10.1. The van der Waals surface area contributed by atoms with E-state index in [1.54, 1.807) is 12.1 Å². The van der Waals surface area contributed by atoms with Crippen LogP contribution in [0.1, 0.15) is 22.8 Å². The van der Waals surface area contributed by atoms with Crippen molar-refractivity contribution < 1.29 is 9.53 Å². The van der Waals surface area contributed by atoms with Crippen LogP contribution in [-0.4, -0.2) is 37.6 Å². The van der Waals surface area contributed by atoms with E-state index in [0.717, 1.165) is 12.1 Å². The number of ether oxygens (including phenoxy) is 1. The first-order valence-corrected chi connectivity index (χ1v) is 5.41. The van der Waals surface area contributed by atoms with E-state index in [2.05, 4.69) is 0 Å². The van der Waals surface area contributed by atoms with Gasteiger partial charge in [0.2, 0.25) is 0 Å². The van der Waals surface area contributed by atoms with Crippen LogP contribution < -0.4 is 0 Å². The van der Waals surface area contributed by atoms with Gasteiger partial charge in [-0.25, -0.2) is 4.79 Å². The molecule has 0 unspecified atom stereocenters. The van der Waals surface area contributed by atoms with Crippen LogP contribution in [0, 0.1) is 6.92 Å². The lowest BCUT2D eigenvalue weighted by Crippen LogP contribution is -2.28. The summed E-state index contributed by atoms with van der Waals surface area (Å²) < 4.78 is 5.31. The molecule has 0 aliphatic rings. The fourth-order valence-corrected chi connectivity index (χ4v) is 1.49. The Morgan fingerprint density at radius 2 is 1.88 bits per heavy atom. The molecular weight excluding hydrogens is 202 g/mol. The first-order valence-electron chi connectivity index (χ1n) is 5.41. The predicted molar refractivity (Wildman–Crippen MR) is 64.6 cm³/mol. The van der Waals surface area contributed by atoms with E-state index in [1.165, 1.54) is 0 Å². The van der Waals surface area contributed by atoms with E-state index >= 15 is 0 Å². The zero-order valence-corrected chi connectivity index (χ0v) is 10.4. The van der Waals surface area contributed by atoms with E-state index in [-0.39, 0.29) is 12.1 Å². The van der Waals surface area contributed by atoms with Gasteiger partial charge in [-0.1, -0.05) is 17.7 Å². The first-order chi connectivity index (χ1) is 7.49. The van der Waals surface area contributed by atoms with Crippen LogP contribution in [0.5, 0.6) is 0 Å². The number of likely N-dealkylation sites (N-methyl/N-ethyl adjacent to an activating group) is 1. The quantitative estimate of drug-likeness (QED) is 0.729. The fraction of sp³-hybridized carbons (Fsp3) is 0.462. The van der Waals surface area contributed by atoms with Gasteiger partial charge in [0, 0.05) is 6.54 Å². The summed E-state index contributed by atoms with van der Waals surface area (Å²) in [6.07, 6.45) is -0.0937. The maximum atomic E-state index is 11.7. The van der Waals surface area contributed by atoms with Crippen molar-refractivity contribution in [3.05, 3.63) is 35.4 Å². The standard InChI is InChI=1S/C13H19NO2/c1-10-5-7-12(8-6-10)13(15)16-11(2)9-14(3)4/h5-8,11H,9H2,1-4H3/t11-/m1/s1. The Kier molecular flexibility index (Phi) is 4.50. The van der Waals surface area contributed by atoms with E-state index in [1.807, 2.05) is 45.0 Å². The van der Waals surface area contributed by atoms with Crippen molar-refractivity contribution in [1.82, 2.24) is 4.90 Å². The highest BCUT2D eigenvalue weighted by Gasteiger charge is 2.12. The van der Waals surface area contributed by atoms with Crippen LogP contribution in [0.4, 0.5) is 0 Å². The van der Waals surface area contributed by atoms with Crippen LogP contribution in [0.3, 0.4) is 0 Å². The van der Waals surface area contributed by atoms with Gasteiger partial charge >= 0.3 is 5.97 Å². The van der Waals surface area contributed by atoms with Gasteiger partial charge in [0.15, 0.2) is 0 Å². The highest BCUT2D eigenvalue weighted by Crippen LogP contribution is 2.06. The number of hydrogen-bond acceptors (Lipinski definition) is 3. The molecule has 0 spiro atoms. The molecular formula is C13H19NO2. The van der Waals surface area contributed by atoms with Gasteiger partial charge < -0.3 is 9.64 Å². The third kappa shape index (κ3) is 4.03. The van der Waals surface area contributed by atoms with Gasteiger partial charge in [0.05, 0.1) is 5.56 Å². The maximum Gasteiger partial charge on any atom is 0.338 e. The molecule has 3 nitrogen and oxygen atoms in total. The van der Waals surface area contributed by atoms with Gasteiger partial charge in [0.1, 0.15) is 6.10 Å². The van der Waals surface area contributed by atoms with Crippen LogP contribution in [-0.2, 0) is 4.74 Å². The second-order valence-corrected chi connectivity index (χ2v) is 4.34. The summed E-state index contributed by atoms with van der Waals surface area (Å²) in [5.41, 5.74) is 1.74. The number of benzene rings is 1. The molecule has 0 N–H and O–H groups in total. The molecule has 0 amide bonds. The SMILES string of the molecule is Cc1ccc(C(=O)O[C@H](C)CN(C)C)cc1. The molecule has 0 radical (unpaired) electrons. The van der Waals surface area contributed by atoms with Crippen molar-refractivity contribution in [1.29, 1.82) is 0 Å². The van der Waals surface area contributed by atoms with E-state index in [9.17, 15) is 4.79 Å². The number of nitrogens with zero attached hydrogens (tertiary/aromatic N) is 1. The Morgan fingerprint density at radius 1 is 1.31 bits per heavy atom. The van der Waals surface area contributed by atoms with Crippen LogP contribution in [0.25, 0.3) is 0 Å². The highest BCUT2D eigenvalue weighted by molar-refractivity contribution is 5.89. The summed E-state index contributed by atoms with van der Waals surface area (Å²) in [7, 11) is 3.91. The Hall–Kier alpha value is -1.35. The summed E-state index contributed by atoms with van der Waals surface area (Å²) in [5.74, 6) is -0.255. The van der Waals surface area contributed by atoms with Crippen molar-refractivity contribution in [3.63, 3.8) is 0 Å². The Balaban J connectivity index is 2.55. The second-order valence-electron chi connectivity index (χ2n) is 4.34. The zero-order chi connectivity index (χ0) is 12.1. The van der Waals surface area contributed by atoms with Gasteiger partial charge in [-0.05, 0) is 40.1 Å². The average molecular weight is 221 g/mol. The number of hydrogen-bond donors (Lipinski definition) is 0. The minimum Gasteiger partial charge on any atom is -0.458 e. The number of carbonyl (C=O) groups is 1. The van der Waals surface area contributed by atoms with Crippen molar-refractivity contribution in [2.75, 3.05) is 20.6 Å². The summed E-state index contributed by atoms with van der Waals surface area (Å²) in [5, 5.41) is 0. The molecule has 0 aliphatic carbocycles. The monoisotopic (exact) mass is 221 g/mol. The minimum absolute atomic E-state index is 0.0937. The molecule has 0 aliphatic heterocycles. The summed E-state index contributed by atoms with van der Waals surface area (Å²) in [6.45, 7) is 4.62. The lowest BCUT2D eigenvalue weighted by Gasteiger charge is -2.17. The molecule has 0 saturated heterocycles. The number of esters is 1.